The fourth-order valence-electron chi connectivity index (χ4n) is 2.84. The van der Waals surface area contributed by atoms with E-state index in [0.29, 0.717) is 6.04 Å². The van der Waals surface area contributed by atoms with Gasteiger partial charge in [-0.25, -0.2) is 0 Å². The maximum atomic E-state index is 5.94. The predicted octanol–water partition coefficient (Wildman–Crippen LogP) is 2.37. The molecule has 4 nitrogen and oxygen atoms in total. The average Bonchev–Trinajstić information content (AvgIpc) is 2.84. The highest BCUT2D eigenvalue weighted by atomic mass is 16.7. The van der Waals surface area contributed by atoms with Crippen LogP contribution in [0.3, 0.4) is 0 Å². The lowest BCUT2D eigenvalue weighted by Crippen LogP contribution is -2.39. The molecule has 1 aliphatic carbocycles. The molecule has 0 bridgehead atoms. The summed E-state index contributed by atoms with van der Waals surface area (Å²) < 4.78 is 11.5. The second-order valence-corrected chi connectivity index (χ2v) is 5.11. The molecule has 0 amide bonds. The Kier molecular flexibility index (Phi) is 3.14. The van der Waals surface area contributed by atoms with Crippen LogP contribution >= 0.6 is 0 Å². The number of ether oxygens (including phenoxy) is 2. The zero-order chi connectivity index (χ0) is 12.4. The lowest BCUT2D eigenvalue weighted by Gasteiger charge is -2.36. The smallest absolute Gasteiger partial charge is 0.168 e. The maximum Gasteiger partial charge on any atom is 0.168 e. The van der Waals surface area contributed by atoms with Crippen molar-refractivity contribution in [3.63, 3.8) is 0 Å². The van der Waals surface area contributed by atoms with Crippen molar-refractivity contribution in [2.75, 3.05) is 24.3 Å². The summed E-state index contributed by atoms with van der Waals surface area (Å²) in [4.78, 5) is 0. The Morgan fingerprint density at radius 2 is 1.78 bits per heavy atom. The Labute approximate surface area is 107 Å². The first-order valence-electron chi connectivity index (χ1n) is 6.66. The summed E-state index contributed by atoms with van der Waals surface area (Å²) in [5.41, 5.74) is 7.79. The molecule has 1 heterocycles. The molecule has 1 saturated heterocycles. The molecule has 0 aromatic heterocycles. The van der Waals surface area contributed by atoms with Gasteiger partial charge in [0.05, 0.1) is 24.6 Å². The van der Waals surface area contributed by atoms with Gasteiger partial charge in [-0.3, -0.25) is 0 Å². The molecule has 3 N–H and O–H groups in total. The zero-order valence-corrected chi connectivity index (χ0v) is 10.5. The van der Waals surface area contributed by atoms with Crippen LogP contribution < -0.4 is 11.1 Å². The first-order valence-corrected chi connectivity index (χ1v) is 6.66. The van der Waals surface area contributed by atoms with Crippen molar-refractivity contribution in [1.82, 2.24) is 0 Å². The summed E-state index contributed by atoms with van der Waals surface area (Å²) in [5.74, 6) is -0.277. The van der Waals surface area contributed by atoms with Crippen LogP contribution in [0.2, 0.25) is 0 Å². The first kappa shape index (κ1) is 11.8. The molecule has 3 rings (SSSR count). The van der Waals surface area contributed by atoms with Crippen LogP contribution in [-0.4, -0.2) is 25.0 Å². The van der Waals surface area contributed by atoms with E-state index in [4.69, 9.17) is 15.2 Å². The third-order valence-corrected chi connectivity index (χ3v) is 3.88. The summed E-state index contributed by atoms with van der Waals surface area (Å²) in [6.45, 7) is 1.48. The number of rotatable bonds is 2. The SMILES string of the molecule is Nc1ccccc1NC1CCC2(CC1)OCCO2. The molecule has 0 atom stereocenters. The second kappa shape index (κ2) is 4.78. The van der Waals surface area contributed by atoms with Crippen molar-refractivity contribution >= 4 is 11.4 Å². The standard InChI is InChI=1S/C14H20N2O2/c15-12-3-1-2-4-13(12)16-11-5-7-14(8-6-11)17-9-10-18-14/h1-4,11,16H,5-10,15H2. The number of para-hydroxylation sites is 2. The van der Waals surface area contributed by atoms with Gasteiger partial charge in [0, 0.05) is 18.9 Å². The van der Waals surface area contributed by atoms with Crippen molar-refractivity contribution < 1.29 is 9.47 Å². The molecule has 2 fully saturated rings. The molecule has 18 heavy (non-hydrogen) atoms. The second-order valence-electron chi connectivity index (χ2n) is 5.11. The number of nitrogen functional groups attached to an aromatic ring is 1. The Hall–Kier alpha value is -1.26. The summed E-state index contributed by atoms with van der Waals surface area (Å²) >= 11 is 0. The fourth-order valence-corrected chi connectivity index (χ4v) is 2.84. The third-order valence-electron chi connectivity index (χ3n) is 3.88. The first-order chi connectivity index (χ1) is 8.77. The largest absolute Gasteiger partial charge is 0.397 e. The Balaban J connectivity index is 1.59. The molecular weight excluding hydrogens is 228 g/mol. The van der Waals surface area contributed by atoms with E-state index in [1.54, 1.807) is 0 Å². The van der Waals surface area contributed by atoms with Gasteiger partial charge in [0.2, 0.25) is 0 Å². The highest BCUT2D eigenvalue weighted by molar-refractivity contribution is 5.65. The molecule has 1 aromatic rings. The highest BCUT2D eigenvalue weighted by Crippen LogP contribution is 2.37. The molecule has 98 valence electrons. The van der Waals surface area contributed by atoms with E-state index in [9.17, 15) is 0 Å². The van der Waals surface area contributed by atoms with Crippen LogP contribution in [0.5, 0.6) is 0 Å². The average molecular weight is 248 g/mol. The molecule has 0 radical (unpaired) electrons. The van der Waals surface area contributed by atoms with E-state index in [2.05, 4.69) is 5.32 Å². The van der Waals surface area contributed by atoms with Crippen LogP contribution in [0.1, 0.15) is 25.7 Å². The van der Waals surface area contributed by atoms with Gasteiger partial charge in [-0.05, 0) is 25.0 Å². The molecule has 1 spiro atoms. The quantitative estimate of drug-likeness (QED) is 0.789. The summed E-state index contributed by atoms with van der Waals surface area (Å²) in [7, 11) is 0. The molecule has 2 aliphatic rings. The van der Waals surface area contributed by atoms with Crippen molar-refractivity contribution in [2.24, 2.45) is 0 Å². The van der Waals surface area contributed by atoms with Crippen molar-refractivity contribution in [1.29, 1.82) is 0 Å². The fraction of sp³-hybridized carbons (Fsp3) is 0.571. The number of benzene rings is 1. The molecule has 1 aliphatic heterocycles. The van der Waals surface area contributed by atoms with Gasteiger partial charge in [-0.2, -0.15) is 0 Å². The summed E-state index contributed by atoms with van der Waals surface area (Å²) in [6.07, 6.45) is 4.07. The summed E-state index contributed by atoms with van der Waals surface area (Å²) in [6, 6.07) is 8.38. The summed E-state index contributed by atoms with van der Waals surface area (Å²) in [5, 5.41) is 3.52. The monoisotopic (exact) mass is 248 g/mol. The number of hydrogen-bond donors (Lipinski definition) is 2. The van der Waals surface area contributed by atoms with Crippen molar-refractivity contribution in [3.05, 3.63) is 24.3 Å². The number of nitrogens with one attached hydrogen (secondary N) is 1. The van der Waals surface area contributed by atoms with Crippen LogP contribution in [0, 0.1) is 0 Å². The molecule has 1 aromatic carbocycles. The minimum Gasteiger partial charge on any atom is -0.397 e. The topological polar surface area (TPSA) is 56.5 Å². The molecule has 1 saturated carbocycles. The van der Waals surface area contributed by atoms with E-state index in [0.717, 1.165) is 50.3 Å². The zero-order valence-electron chi connectivity index (χ0n) is 10.5. The van der Waals surface area contributed by atoms with Crippen molar-refractivity contribution in [3.8, 4) is 0 Å². The highest BCUT2D eigenvalue weighted by Gasteiger charge is 2.40. The third kappa shape index (κ3) is 2.31. The molecule has 0 unspecified atom stereocenters. The van der Waals surface area contributed by atoms with Gasteiger partial charge in [0.25, 0.3) is 0 Å². The van der Waals surface area contributed by atoms with Crippen LogP contribution in [0.4, 0.5) is 11.4 Å². The normalized spacial score (nSPS) is 23.3. The van der Waals surface area contributed by atoms with Gasteiger partial charge in [0.15, 0.2) is 5.79 Å². The van der Waals surface area contributed by atoms with Crippen LogP contribution in [0.15, 0.2) is 24.3 Å². The number of nitrogens with two attached hydrogens (primary N) is 1. The van der Waals surface area contributed by atoms with E-state index in [-0.39, 0.29) is 5.79 Å². The number of hydrogen-bond acceptors (Lipinski definition) is 4. The predicted molar refractivity (Wildman–Crippen MR) is 71.4 cm³/mol. The van der Waals surface area contributed by atoms with Gasteiger partial charge < -0.3 is 20.5 Å². The Morgan fingerprint density at radius 1 is 1.11 bits per heavy atom. The van der Waals surface area contributed by atoms with E-state index >= 15 is 0 Å². The van der Waals surface area contributed by atoms with E-state index in [1.807, 2.05) is 24.3 Å². The molecular formula is C14H20N2O2. The number of anilines is 2. The molecule has 4 heteroatoms. The lowest BCUT2D eigenvalue weighted by atomic mass is 9.90. The minimum atomic E-state index is -0.277. The van der Waals surface area contributed by atoms with E-state index < -0.39 is 0 Å². The van der Waals surface area contributed by atoms with Gasteiger partial charge >= 0.3 is 0 Å². The Bertz CT molecular complexity index is 406. The Morgan fingerprint density at radius 3 is 2.44 bits per heavy atom. The van der Waals surface area contributed by atoms with Gasteiger partial charge in [0.1, 0.15) is 0 Å². The van der Waals surface area contributed by atoms with Gasteiger partial charge in [-0.1, -0.05) is 12.1 Å². The lowest BCUT2D eigenvalue weighted by molar-refractivity contribution is -0.177. The van der Waals surface area contributed by atoms with E-state index in [1.165, 1.54) is 0 Å². The van der Waals surface area contributed by atoms with Crippen LogP contribution in [0.25, 0.3) is 0 Å². The maximum absolute atomic E-state index is 5.94. The van der Waals surface area contributed by atoms with Crippen LogP contribution in [-0.2, 0) is 9.47 Å². The van der Waals surface area contributed by atoms with Gasteiger partial charge in [-0.15, -0.1) is 0 Å². The minimum absolute atomic E-state index is 0.277. The van der Waals surface area contributed by atoms with Crippen molar-refractivity contribution in [2.45, 2.75) is 37.5 Å².